The second-order valence-electron chi connectivity index (χ2n) is 3.97. The van der Waals surface area contributed by atoms with Gasteiger partial charge in [0.15, 0.2) is 0 Å². The minimum absolute atomic E-state index is 0.0631. The average molecular weight is 250 g/mol. The van der Waals surface area contributed by atoms with E-state index in [9.17, 15) is 0 Å². The Morgan fingerprint density at radius 1 is 1.47 bits per heavy atom. The lowest BCUT2D eigenvalue weighted by molar-refractivity contribution is 0.603. The molecule has 90 valence electrons. The number of hydrogen-bond acceptors (Lipinski definition) is 2. The molecule has 1 heterocycles. The molecule has 0 saturated carbocycles. The summed E-state index contributed by atoms with van der Waals surface area (Å²) < 4.78 is 0. The van der Waals surface area contributed by atoms with Crippen molar-refractivity contribution in [1.82, 2.24) is 15.3 Å². The first-order chi connectivity index (χ1) is 8.22. The van der Waals surface area contributed by atoms with Gasteiger partial charge in [0.25, 0.3) is 0 Å². The van der Waals surface area contributed by atoms with Crippen molar-refractivity contribution in [2.45, 2.75) is 19.9 Å². The lowest BCUT2D eigenvalue weighted by Crippen LogP contribution is -2.23. The minimum atomic E-state index is 0.0631. The molecule has 2 N–H and O–H groups in total. The molecule has 0 aliphatic rings. The first kappa shape index (κ1) is 12.1. The van der Waals surface area contributed by atoms with Gasteiger partial charge in [0.1, 0.15) is 5.82 Å². The van der Waals surface area contributed by atoms with E-state index in [1.165, 1.54) is 0 Å². The van der Waals surface area contributed by atoms with Gasteiger partial charge in [0.2, 0.25) is 0 Å². The number of aromatic nitrogens is 2. The molecule has 0 fully saturated rings. The molecular weight excluding hydrogens is 234 g/mol. The van der Waals surface area contributed by atoms with E-state index in [2.05, 4.69) is 28.3 Å². The summed E-state index contributed by atoms with van der Waals surface area (Å²) in [6.45, 7) is 4.95. The van der Waals surface area contributed by atoms with Gasteiger partial charge < -0.3 is 10.3 Å². The molecule has 0 saturated heterocycles. The van der Waals surface area contributed by atoms with E-state index in [0.717, 1.165) is 28.5 Å². The van der Waals surface area contributed by atoms with E-state index >= 15 is 0 Å². The Morgan fingerprint density at radius 3 is 2.88 bits per heavy atom. The summed E-state index contributed by atoms with van der Waals surface area (Å²) in [5.41, 5.74) is 2.21. The number of hydrogen-bond donors (Lipinski definition) is 2. The normalized spacial score (nSPS) is 12.6. The fourth-order valence-corrected chi connectivity index (χ4v) is 1.99. The third-order valence-corrected chi connectivity index (χ3v) is 3.14. The van der Waals surface area contributed by atoms with Crippen LogP contribution in [-0.2, 0) is 0 Å². The van der Waals surface area contributed by atoms with Crippen LogP contribution in [0.2, 0.25) is 5.02 Å². The molecule has 0 aliphatic heterocycles. The van der Waals surface area contributed by atoms with Crippen LogP contribution in [0.1, 0.15) is 29.9 Å². The van der Waals surface area contributed by atoms with Gasteiger partial charge in [-0.05, 0) is 30.7 Å². The van der Waals surface area contributed by atoms with Crippen molar-refractivity contribution in [3.8, 4) is 0 Å². The van der Waals surface area contributed by atoms with Crippen LogP contribution in [0, 0.1) is 6.92 Å². The van der Waals surface area contributed by atoms with Crippen molar-refractivity contribution in [2.75, 3.05) is 6.54 Å². The summed E-state index contributed by atoms with van der Waals surface area (Å²) in [4.78, 5) is 7.44. The summed E-state index contributed by atoms with van der Waals surface area (Å²) in [7, 11) is 0. The first-order valence-electron chi connectivity index (χ1n) is 5.71. The SMILES string of the molecule is CCNC(c1ccc(C)c(Cl)c1)c1ncc[nH]1. The lowest BCUT2D eigenvalue weighted by Gasteiger charge is -2.16. The Bertz CT molecular complexity index is 479. The number of nitrogens with one attached hydrogen (secondary N) is 2. The van der Waals surface area contributed by atoms with Gasteiger partial charge in [-0.15, -0.1) is 0 Å². The lowest BCUT2D eigenvalue weighted by atomic mass is 10.0. The zero-order chi connectivity index (χ0) is 12.3. The molecule has 2 aromatic rings. The van der Waals surface area contributed by atoms with Crippen molar-refractivity contribution < 1.29 is 0 Å². The van der Waals surface area contributed by atoms with Crippen molar-refractivity contribution in [3.63, 3.8) is 0 Å². The van der Waals surface area contributed by atoms with Crippen molar-refractivity contribution in [2.24, 2.45) is 0 Å². The number of imidazole rings is 1. The van der Waals surface area contributed by atoms with Crippen molar-refractivity contribution in [3.05, 3.63) is 52.6 Å². The second-order valence-corrected chi connectivity index (χ2v) is 4.38. The Balaban J connectivity index is 2.35. The van der Waals surface area contributed by atoms with Crippen LogP contribution in [-0.4, -0.2) is 16.5 Å². The number of benzene rings is 1. The highest BCUT2D eigenvalue weighted by molar-refractivity contribution is 6.31. The van der Waals surface area contributed by atoms with Crippen LogP contribution in [0.4, 0.5) is 0 Å². The highest BCUT2D eigenvalue weighted by Crippen LogP contribution is 2.24. The average Bonchev–Trinajstić information content (AvgIpc) is 2.83. The van der Waals surface area contributed by atoms with Crippen LogP contribution in [0.25, 0.3) is 0 Å². The molecule has 0 radical (unpaired) electrons. The Morgan fingerprint density at radius 2 is 2.29 bits per heavy atom. The first-order valence-corrected chi connectivity index (χ1v) is 6.09. The standard InChI is InChI=1S/C13H16ClN3/c1-3-15-12(13-16-6-7-17-13)10-5-4-9(2)11(14)8-10/h4-8,12,15H,3H2,1-2H3,(H,16,17). The smallest absolute Gasteiger partial charge is 0.127 e. The van der Waals surface area contributed by atoms with Gasteiger partial charge in [-0.25, -0.2) is 4.98 Å². The van der Waals surface area contributed by atoms with Crippen LogP contribution < -0.4 is 5.32 Å². The van der Waals surface area contributed by atoms with Gasteiger partial charge >= 0.3 is 0 Å². The number of rotatable bonds is 4. The maximum absolute atomic E-state index is 6.16. The Kier molecular flexibility index (Phi) is 3.82. The van der Waals surface area contributed by atoms with Crippen molar-refractivity contribution in [1.29, 1.82) is 0 Å². The monoisotopic (exact) mass is 249 g/mol. The fraction of sp³-hybridized carbons (Fsp3) is 0.308. The molecule has 0 amide bonds. The number of aromatic amines is 1. The highest BCUT2D eigenvalue weighted by Gasteiger charge is 2.15. The van der Waals surface area contributed by atoms with Gasteiger partial charge in [-0.3, -0.25) is 0 Å². The molecule has 0 spiro atoms. The zero-order valence-electron chi connectivity index (χ0n) is 10.00. The summed E-state index contributed by atoms with van der Waals surface area (Å²) in [5, 5.41) is 4.18. The predicted molar refractivity (Wildman–Crippen MR) is 70.3 cm³/mol. The quantitative estimate of drug-likeness (QED) is 0.874. The summed E-state index contributed by atoms with van der Waals surface area (Å²) in [6.07, 6.45) is 3.59. The summed E-state index contributed by atoms with van der Waals surface area (Å²) in [5.74, 6) is 0.909. The van der Waals surface area contributed by atoms with Gasteiger partial charge in [-0.1, -0.05) is 30.7 Å². The van der Waals surface area contributed by atoms with Crippen LogP contribution in [0.5, 0.6) is 0 Å². The predicted octanol–water partition coefficient (Wildman–Crippen LogP) is 3.07. The molecule has 2 rings (SSSR count). The highest BCUT2D eigenvalue weighted by atomic mass is 35.5. The Hall–Kier alpha value is -1.32. The molecular formula is C13H16ClN3. The van der Waals surface area contributed by atoms with E-state index in [-0.39, 0.29) is 6.04 Å². The van der Waals surface area contributed by atoms with E-state index in [1.54, 1.807) is 6.20 Å². The maximum atomic E-state index is 6.16. The molecule has 0 bridgehead atoms. The Labute approximate surface area is 106 Å². The van der Waals surface area contributed by atoms with Crippen LogP contribution in [0.15, 0.2) is 30.6 Å². The molecule has 1 unspecified atom stereocenters. The molecule has 1 atom stereocenters. The van der Waals surface area contributed by atoms with E-state index in [4.69, 9.17) is 11.6 Å². The summed E-state index contributed by atoms with van der Waals surface area (Å²) in [6, 6.07) is 6.17. The largest absolute Gasteiger partial charge is 0.347 e. The molecule has 1 aromatic carbocycles. The van der Waals surface area contributed by atoms with E-state index < -0.39 is 0 Å². The third kappa shape index (κ3) is 2.68. The van der Waals surface area contributed by atoms with Gasteiger partial charge in [-0.2, -0.15) is 0 Å². The van der Waals surface area contributed by atoms with Gasteiger partial charge in [0.05, 0.1) is 6.04 Å². The molecule has 4 heteroatoms. The van der Waals surface area contributed by atoms with Gasteiger partial charge in [0, 0.05) is 17.4 Å². The van der Waals surface area contributed by atoms with Crippen LogP contribution >= 0.6 is 11.6 Å². The topological polar surface area (TPSA) is 40.7 Å². The number of nitrogens with zero attached hydrogens (tertiary/aromatic N) is 1. The third-order valence-electron chi connectivity index (χ3n) is 2.73. The molecule has 1 aromatic heterocycles. The number of aryl methyl sites for hydroxylation is 1. The summed E-state index contributed by atoms with van der Waals surface area (Å²) >= 11 is 6.16. The van der Waals surface area contributed by atoms with Crippen molar-refractivity contribution >= 4 is 11.6 Å². The van der Waals surface area contributed by atoms with E-state index in [0.29, 0.717) is 0 Å². The number of H-pyrrole nitrogens is 1. The molecule has 17 heavy (non-hydrogen) atoms. The second kappa shape index (κ2) is 5.34. The molecule has 0 aliphatic carbocycles. The van der Waals surface area contributed by atoms with Crippen LogP contribution in [0.3, 0.4) is 0 Å². The number of halogens is 1. The van der Waals surface area contributed by atoms with E-state index in [1.807, 2.05) is 25.3 Å². The fourth-order valence-electron chi connectivity index (χ4n) is 1.80. The molecule has 3 nitrogen and oxygen atoms in total. The minimum Gasteiger partial charge on any atom is -0.347 e. The zero-order valence-corrected chi connectivity index (χ0v) is 10.8. The maximum Gasteiger partial charge on any atom is 0.127 e.